The molecule has 0 aliphatic rings. The number of carbonyl (C=O) groups is 1. The van der Waals surface area contributed by atoms with Gasteiger partial charge in [-0.1, -0.05) is 6.07 Å². The smallest absolute Gasteiger partial charge is 0.319 e. The molecule has 0 aliphatic heterocycles. The number of amides is 1. The Morgan fingerprint density at radius 1 is 1.40 bits per heavy atom. The number of anilines is 1. The van der Waals surface area contributed by atoms with Gasteiger partial charge in [0.25, 0.3) is 5.91 Å². The summed E-state index contributed by atoms with van der Waals surface area (Å²) in [4.78, 5) is 15.7. The van der Waals surface area contributed by atoms with Gasteiger partial charge in [-0.25, -0.2) is 4.68 Å². The van der Waals surface area contributed by atoms with Crippen molar-refractivity contribution in [2.45, 2.75) is 6.18 Å². The molecular weight excluding hydrogens is 341 g/mol. The number of nitrogens with zero attached hydrogens (tertiary/aromatic N) is 3. The number of alkyl halides is 3. The second-order valence-electron chi connectivity index (χ2n) is 3.86. The first-order valence-electron chi connectivity index (χ1n) is 5.32. The molecule has 0 radical (unpaired) electrons. The molecule has 0 saturated heterocycles. The van der Waals surface area contributed by atoms with E-state index >= 15 is 0 Å². The fraction of sp³-hybridized carbons (Fsp3) is 0.182. The average Bonchev–Trinajstić information content (AvgIpc) is 2.68. The Labute approximate surface area is 119 Å². The molecule has 2 aromatic rings. The predicted octanol–water partition coefficient (Wildman–Crippen LogP) is 2.85. The number of aryl methyl sites for hydroxylation is 1. The molecule has 20 heavy (non-hydrogen) atoms. The summed E-state index contributed by atoms with van der Waals surface area (Å²) in [5.74, 6) is -0.667. The van der Waals surface area contributed by atoms with Gasteiger partial charge in [-0.2, -0.15) is 18.2 Å². The second kappa shape index (κ2) is 5.23. The number of nitrogens with one attached hydrogen (secondary N) is 1. The van der Waals surface area contributed by atoms with Gasteiger partial charge in [0, 0.05) is 12.7 Å². The largest absolute Gasteiger partial charge is 0.416 e. The van der Waals surface area contributed by atoms with E-state index in [9.17, 15) is 18.0 Å². The minimum absolute atomic E-state index is 0.0192. The van der Waals surface area contributed by atoms with Gasteiger partial charge in [-0.3, -0.25) is 4.79 Å². The van der Waals surface area contributed by atoms with Crippen LogP contribution in [0.25, 0.3) is 0 Å². The Balaban J connectivity index is 2.22. The third-order valence-corrected chi connectivity index (χ3v) is 2.72. The average molecular weight is 349 g/mol. The Hall–Kier alpha value is -1.90. The maximum absolute atomic E-state index is 12.6. The van der Waals surface area contributed by atoms with Crippen LogP contribution in [-0.2, 0) is 13.2 Å². The molecule has 5 nitrogen and oxygen atoms in total. The topological polar surface area (TPSA) is 59.8 Å². The Kier molecular flexibility index (Phi) is 3.80. The maximum Gasteiger partial charge on any atom is 0.416 e. The summed E-state index contributed by atoms with van der Waals surface area (Å²) < 4.78 is 39.1. The van der Waals surface area contributed by atoms with Crippen molar-refractivity contribution in [1.82, 2.24) is 14.8 Å². The standard InChI is InChI=1S/C11H8BrF3N4O/c1-19-8(17-10(12)18-19)9(20)16-7-4-2-3-6(5-7)11(13,14)15/h2-5H,1H3,(H,16,20). The molecule has 0 fully saturated rings. The SMILES string of the molecule is Cn1nc(Br)nc1C(=O)Nc1cccc(C(F)(F)F)c1. The first-order valence-corrected chi connectivity index (χ1v) is 6.12. The van der Waals surface area contributed by atoms with E-state index in [4.69, 9.17) is 0 Å². The monoisotopic (exact) mass is 348 g/mol. The summed E-state index contributed by atoms with van der Waals surface area (Å²) in [6.45, 7) is 0. The highest BCUT2D eigenvalue weighted by molar-refractivity contribution is 9.10. The molecule has 1 amide bonds. The Morgan fingerprint density at radius 2 is 2.10 bits per heavy atom. The summed E-state index contributed by atoms with van der Waals surface area (Å²) >= 11 is 3.00. The molecule has 1 heterocycles. The van der Waals surface area contributed by atoms with Crippen molar-refractivity contribution in [3.8, 4) is 0 Å². The highest BCUT2D eigenvalue weighted by Gasteiger charge is 2.30. The molecule has 106 valence electrons. The minimum atomic E-state index is -4.46. The summed E-state index contributed by atoms with van der Waals surface area (Å²) in [5, 5.41) is 6.15. The Bertz CT molecular complexity index is 653. The quantitative estimate of drug-likeness (QED) is 0.907. The van der Waals surface area contributed by atoms with E-state index in [0.29, 0.717) is 0 Å². The van der Waals surface area contributed by atoms with Gasteiger partial charge in [0.15, 0.2) is 0 Å². The Morgan fingerprint density at radius 3 is 2.65 bits per heavy atom. The van der Waals surface area contributed by atoms with E-state index in [0.717, 1.165) is 12.1 Å². The number of hydrogen-bond acceptors (Lipinski definition) is 3. The van der Waals surface area contributed by atoms with Crippen LogP contribution < -0.4 is 5.32 Å². The molecule has 0 saturated carbocycles. The van der Waals surface area contributed by atoms with Gasteiger partial charge < -0.3 is 5.32 Å². The zero-order chi connectivity index (χ0) is 14.9. The van der Waals surface area contributed by atoms with Crippen LogP contribution in [0.5, 0.6) is 0 Å². The minimum Gasteiger partial charge on any atom is -0.319 e. The van der Waals surface area contributed by atoms with Crippen LogP contribution in [-0.4, -0.2) is 20.7 Å². The van der Waals surface area contributed by atoms with E-state index in [2.05, 4.69) is 31.3 Å². The van der Waals surface area contributed by atoms with Crippen LogP contribution in [0.2, 0.25) is 0 Å². The normalized spacial score (nSPS) is 11.4. The van der Waals surface area contributed by atoms with Gasteiger partial charge in [0.05, 0.1) is 5.56 Å². The second-order valence-corrected chi connectivity index (χ2v) is 4.57. The molecule has 1 N–H and O–H groups in total. The zero-order valence-corrected chi connectivity index (χ0v) is 11.7. The van der Waals surface area contributed by atoms with Gasteiger partial charge in [-0.15, -0.1) is 5.10 Å². The summed E-state index contributed by atoms with van der Waals surface area (Å²) in [5.41, 5.74) is -0.807. The number of benzene rings is 1. The molecule has 0 aliphatic carbocycles. The van der Waals surface area contributed by atoms with E-state index in [1.807, 2.05) is 0 Å². The molecule has 9 heteroatoms. The molecule has 0 bridgehead atoms. The lowest BCUT2D eigenvalue weighted by atomic mass is 10.2. The fourth-order valence-corrected chi connectivity index (χ4v) is 1.92. The fourth-order valence-electron chi connectivity index (χ4n) is 1.51. The van der Waals surface area contributed by atoms with Crippen molar-refractivity contribution < 1.29 is 18.0 Å². The van der Waals surface area contributed by atoms with Crippen molar-refractivity contribution in [3.05, 3.63) is 40.4 Å². The number of carbonyl (C=O) groups excluding carboxylic acids is 1. The molecular formula is C11H8BrF3N4O. The van der Waals surface area contributed by atoms with Crippen LogP contribution in [0.1, 0.15) is 16.2 Å². The first kappa shape index (κ1) is 14.5. The van der Waals surface area contributed by atoms with Crippen molar-refractivity contribution in [2.24, 2.45) is 7.05 Å². The van der Waals surface area contributed by atoms with Crippen molar-refractivity contribution in [1.29, 1.82) is 0 Å². The number of aromatic nitrogens is 3. The number of rotatable bonds is 2. The van der Waals surface area contributed by atoms with E-state index < -0.39 is 17.6 Å². The zero-order valence-electron chi connectivity index (χ0n) is 10.1. The summed E-state index contributed by atoms with van der Waals surface area (Å²) in [7, 11) is 1.50. The third-order valence-electron chi connectivity index (χ3n) is 2.39. The van der Waals surface area contributed by atoms with Crippen molar-refractivity contribution >= 4 is 27.5 Å². The highest BCUT2D eigenvalue weighted by atomic mass is 79.9. The summed E-state index contributed by atoms with van der Waals surface area (Å²) in [6.07, 6.45) is -4.46. The van der Waals surface area contributed by atoms with Gasteiger partial charge >= 0.3 is 6.18 Å². The van der Waals surface area contributed by atoms with E-state index in [1.165, 1.54) is 23.9 Å². The van der Waals surface area contributed by atoms with Gasteiger partial charge in [0.1, 0.15) is 0 Å². The predicted molar refractivity (Wildman–Crippen MR) is 68.1 cm³/mol. The van der Waals surface area contributed by atoms with Gasteiger partial charge in [0.2, 0.25) is 10.6 Å². The van der Waals surface area contributed by atoms with Crippen LogP contribution in [0, 0.1) is 0 Å². The van der Waals surface area contributed by atoms with Crippen molar-refractivity contribution in [2.75, 3.05) is 5.32 Å². The summed E-state index contributed by atoms with van der Waals surface area (Å²) in [6, 6.07) is 4.35. The molecule has 1 aromatic heterocycles. The molecule has 2 rings (SSSR count). The maximum atomic E-state index is 12.6. The van der Waals surface area contributed by atoms with Crippen molar-refractivity contribution in [3.63, 3.8) is 0 Å². The highest BCUT2D eigenvalue weighted by Crippen LogP contribution is 2.30. The van der Waals surface area contributed by atoms with Crippen LogP contribution in [0.15, 0.2) is 29.0 Å². The van der Waals surface area contributed by atoms with Crippen LogP contribution >= 0.6 is 15.9 Å². The van der Waals surface area contributed by atoms with Gasteiger partial charge in [-0.05, 0) is 34.1 Å². The number of halogens is 4. The van der Waals surface area contributed by atoms with E-state index in [1.54, 1.807) is 0 Å². The lowest BCUT2D eigenvalue weighted by Crippen LogP contribution is -2.17. The molecule has 0 atom stereocenters. The molecule has 1 aromatic carbocycles. The third kappa shape index (κ3) is 3.16. The number of hydrogen-bond donors (Lipinski definition) is 1. The first-order chi connectivity index (χ1) is 9.27. The lowest BCUT2D eigenvalue weighted by Gasteiger charge is -2.09. The van der Waals surface area contributed by atoms with E-state index in [-0.39, 0.29) is 16.2 Å². The van der Waals surface area contributed by atoms with Crippen LogP contribution in [0.4, 0.5) is 18.9 Å². The molecule has 0 unspecified atom stereocenters. The lowest BCUT2D eigenvalue weighted by molar-refractivity contribution is -0.137. The van der Waals surface area contributed by atoms with Crippen LogP contribution in [0.3, 0.4) is 0 Å². The molecule has 0 spiro atoms.